The van der Waals surface area contributed by atoms with Gasteiger partial charge in [-0.2, -0.15) is 0 Å². The molecule has 0 aliphatic heterocycles. The van der Waals surface area contributed by atoms with E-state index in [1.54, 1.807) is 6.08 Å². The fraction of sp³-hybridized carbons (Fsp3) is 0.571. The zero-order chi connectivity index (χ0) is 7.82. The molecule has 2 N–H and O–H groups in total. The van der Waals surface area contributed by atoms with Crippen LogP contribution in [-0.2, 0) is 4.79 Å². The van der Waals surface area contributed by atoms with Crippen LogP contribution in [0.3, 0.4) is 0 Å². The first-order chi connectivity index (χ1) is 4.85. The van der Waals surface area contributed by atoms with Gasteiger partial charge in [0.1, 0.15) is 0 Å². The highest BCUT2D eigenvalue weighted by Gasteiger charge is 1.89. The lowest BCUT2D eigenvalue weighted by molar-refractivity contribution is -0.105. The molecule has 3 nitrogen and oxygen atoms in total. The molecule has 0 rings (SSSR count). The SMILES string of the molecule is CCC=C(C=O)NCCO. The molecule has 0 radical (unpaired) electrons. The van der Waals surface area contributed by atoms with E-state index in [0.29, 0.717) is 12.2 Å². The maximum Gasteiger partial charge on any atom is 0.165 e. The van der Waals surface area contributed by atoms with E-state index < -0.39 is 0 Å². The highest BCUT2D eigenvalue weighted by atomic mass is 16.3. The number of hydrogen-bond donors (Lipinski definition) is 2. The molecule has 0 fully saturated rings. The molecular formula is C7H13NO2. The van der Waals surface area contributed by atoms with Gasteiger partial charge in [-0.05, 0) is 6.42 Å². The minimum atomic E-state index is 0.0505. The third-order valence-corrected chi connectivity index (χ3v) is 0.992. The Morgan fingerprint density at radius 2 is 2.40 bits per heavy atom. The van der Waals surface area contributed by atoms with E-state index in [9.17, 15) is 4.79 Å². The van der Waals surface area contributed by atoms with Crippen molar-refractivity contribution in [3.05, 3.63) is 11.8 Å². The number of hydrogen-bond acceptors (Lipinski definition) is 3. The molecule has 3 heteroatoms. The van der Waals surface area contributed by atoms with Crippen LogP contribution in [0.1, 0.15) is 13.3 Å². The van der Waals surface area contributed by atoms with Gasteiger partial charge in [0.05, 0.1) is 12.3 Å². The van der Waals surface area contributed by atoms with Crippen LogP contribution in [0.15, 0.2) is 11.8 Å². The first-order valence-corrected chi connectivity index (χ1v) is 3.35. The monoisotopic (exact) mass is 143 g/mol. The summed E-state index contributed by atoms with van der Waals surface area (Å²) in [6, 6.07) is 0. The molecule has 0 spiro atoms. The van der Waals surface area contributed by atoms with Gasteiger partial charge < -0.3 is 10.4 Å². The van der Waals surface area contributed by atoms with E-state index in [2.05, 4.69) is 5.32 Å². The van der Waals surface area contributed by atoms with E-state index in [1.165, 1.54) is 0 Å². The van der Waals surface area contributed by atoms with Crippen LogP contribution >= 0.6 is 0 Å². The Hall–Kier alpha value is -0.830. The van der Waals surface area contributed by atoms with Crippen molar-refractivity contribution < 1.29 is 9.90 Å². The Morgan fingerprint density at radius 3 is 2.80 bits per heavy atom. The topological polar surface area (TPSA) is 49.3 Å². The summed E-state index contributed by atoms with van der Waals surface area (Å²) in [6.45, 7) is 2.43. The van der Waals surface area contributed by atoms with Crippen molar-refractivity contribution in [2.24, 2.45) is 0 Å². The molecule has 0 aromatic carbocycles. The van der Waals surface area contributed by atoms with Gasteiger partial charge in [-0.15, -0.1) is 0 Å². The number of carbonyl (C=O) groups excluding carboxylic acids is 1. The molecule has 0 aliphatic rings. The van der Waals surface area contributed by atoms with Crippen molar-refractivity contribution in [2.75, 3.05) is 13.2 Å². The Bertz CT molecular complexity index is 121. The third-order valence-electron chi connectivity index (χ3n) is 0.992. The Balaban J connectivity index is 3.60. The lowest BCUT2D eigenvalue weighted by Crippen LogP contribution is -2.18. The van der Waals surface area contributed by atoms with E-state index in [0.717, 1.165) is 12.7 Å². The first-order valence-electron chi connectivity index (χ1n) is 3.35. The molecule has 58 valence electrons. The van der Waals surface area contributed by atoms with Crippen molar-refractivity contribution in [2.45, 2.75) is 13.3 Å². The fourth-order valence-electron chi connectivity index (χ4n) is 0.582. The highest BCUT2D eigenvalue weighted by molar-refractivity contribution is 5.72. The first kappa shape index (κ1) is 9.17. The summed E-state index contributed by atoms with van der Waals surface area (Å²) in [4.78, 5) is 10.2. The Morgan fingerprint density at radius 1 is 1.70 bits per heavy atom. The van der Waals surface area contributed by atoms with Crippen LogP contribution in [0.25, 0.3) is 0 Å². The van der Waals surface area contributed by atoms with Gasteiger partial charge in [0, 0.05) is 6.54 Å². The number of aliphatic hydroxyl groups excluding tert-OH is 1. The molecule has 0 heterocycles. The molecule has 0 bridgehead atoms. The number of carbonyl (C=O) groups is 1. The number of aldehydes is 1. The second-order valence-electron chi connectivity index (χ2n) is 1.84. The second-order valence-corrected chi connectivity index (χ2v) is 1.84. The van der Waals surface area contributed by atoms with E-state index in [1.807, 2.05) is 6.92 Å². The number of nitrogens with one attached hydrogen (secondary N) is 1. The molecule has 0 unspecified atom stereocenters. The van der Waals surface area contributed by atoms with Crippen LogP contribution in [0.2, 0.25) is 0 Å². The van der Waals surface area contributed by atoms with Gasteiger partial charge in [-0.1, -0.05) is 13.0 Å². The van der Waals surface area contributed by atoms with Crippen LogP contribution in [-0.4, -0.2) is 24.5 Å². The maximum atomic E-state index is 10.2. The standard InChI is InChI=1S/C7H13NO2/c1-2-3-7(6-10)8-4-5-9/h3,6,8-9H,2,4-5H2,1H3. The summed E-state index contributed by atoms with van der Waals surface area (Å²) in [7, 11) is 0. The van der Waals surface area contributed by atoms with Gasteiger partial charge in [-0.25, -0.2) is 0 Å². The summed E-state index contributed by atoms with van der Waals surface area (Å²) < 4.78 is 0. The largest absolute Gasteiger partial charge is 0.395 e. The summed E-state index contributed by atoms with van der Waals surface area (Å²) in [5, 5.41) is 11.1. The Labute approximate surface area is 60.7 Å². The van der Waals surface area contributed by atoms with E-state index >= 15 is 0 Å². The van der Waals surface area contributed by atoms with Gasteiger partial charge >= 0.3 is 0 Å². The summed E-state index contributed by atoms with van der Waals surface area (Å²) in [5.74, 6) is 0. The van der Waals surface area contributed by atoms with Crippen molar-refractivity contribution in [1.82, 2.24) is 5.32 Å². The van der Waals surface area contributed by atoms with E-state index in [4.69, 9.17) is 5.11 Å². The minimum absolute atomic E-state index is 0.0505. The van der Waals surface area contributed by atoms with Crippen molar-refractivity contribution >= 4 is 6.29 Å². The molecule has 0 atom stereocenters. The van der Waals surface area contributed by atoms with Gasteiger partial charge in [0.2, 0.25) is 0 Å². The minimum Gasteiger partial charge on any atom is -0.395 e. The van der Waals surface area contributed by atoms with Crippen LogP contribution in [0.5, 0.6) is 0 Å². The second kappa shape index (κ2) is 6.29. The summed E-state index contributed by atoms with van der Waals surface area (Å²) >= 11 is 0. The van der Waals surface area contributed by atoms with Crippen molar-refractivity contribution in [3.8, 4) is 0 Å². The highest BCUT2D eigenvalue weighted by Crippen LogP contribution is 1.85. The van der Waals surface area contributed by atoms with Crippen molar-refractivity contribution in [1.29, 1.82) is 0 Å². The van der Waals surface area contributed by atoms with Crippen molar-refractivity contribution in [3.63, 3.8) is 0 Å². The van der Waals surface area contributed by atoms with Gasteiger partial charge in [-0.3, -0.25) is 4.79 Å². The molecule has 0 amide bonds. The molecular weight excluding hydrogens is 130 g/mol. The van der Waals surface area contributed by atoms with Crippen LogP contribution < -0.4 is 5.32 Å². The van der Waals surface area contributed by atoms with Crippen LogP contribution in [0, 0.1) is 0 Å². The molecule has 0 saturated heterocycles. The summed E-state index contributed by atoms with van der Waals surface area (Å²) in [6.07, 6.45) is 3.36. The van der Waals surface area contributed by atoms with Gasteiger partial charge in [0.25, 0.3) is 0 Å². The maximum absolute atomic E-state index is 10.2. The lowest BCUT2D eigenvalue weighted by atomic mass is 10.3. The summed E-state index contributed by atoms with van der Waals surface area (Å²) in [5.41, 5.74) is 0.552. The third kappa shape index (κ3) is 4.09. The normalized spacial score (nSPS) is 11.2. The van der Waals surface area contributed by atoms with Crippen LogP contribution in [0.4, 0.5) is 0 Å². The average molecular weight is 143 g/mol. The fourth-order valence-corrected chi connectivity index (χ4v) is 0.582. The molecule has 0 aromatic rings. The average Bonchev–Trinajstić information content (AvgIpc) is 1.98. The molecule has 0 aromatic heterocycles. The smallest absolute Gasteiger partial charge is 0.165 e. The molecule has 0 saturated carbocycles. The molecule has 10 heavy (non-hydrogen) atoms. The number of aliphatic hydroxyl groups is 1. The number of rotatable bonds is 5. The predicted molar refractivity (Wildman–Crippen MR) is 39.5 cm³/mol. The Kier molecular flexibility index (Phi) is 5.77. The molecule has 0 aliphatic carbocycles. The predicted octanol–water partition coefficient (Wildman–Crippen LogP) is 0.0611. The van der Waals surface area contributed by atoms with E-state index in [-0.39, 0.29) is 6.61 Å². The quantitative estimate of drug-likeness (QED) is 0.422. The zero-order valence-corrected chi connectivity index (χ0v) is 6.13. The van der Waals surface area contributed by atoms with Gasteiger partial charge in [0.15, 0.2) is 6.29 Å². The lowest BCUT2D eigenvalue weighted by Gasteiger charge is -2.00. The number of allylic oxidation sites excluding steroid dienone is 2. The zero-order valence-electron chi connectivity index (χ0n) is 6.13.